The van der Waals surface area contributed by atoms with E-state index in [1.54, 1.807) is 19.4 Å². The lowest BCUT2D eigenvalue weighted by Crippen LogP contribution is -2.29. The third-order valence-corrected chi connectivity index (χ3v) is 3.96. The van der Waals surface area contributed by atoms with Crippen LogP contribution in [0.3, 0.4) is 0 Å². The topological polar surface area (TPSA) is 84.2 Å². The van der Waals surface area contributed by atoms with Crippen LogP contribution in [0.5, 0.6) is 5.75 Å². The minimum atomic E-state index is -4.45. The van der Waals surface area contributed by atoms with Gasteiger partial charge < -0.3 is 14.2 Å². The molecule has 10 heteroatoms. The van der Waals surface area contributed by atoms with Crippen LogP contribution in [0.2, 0.25) is 0 Å². The lowest BCUT2D eigenvalue weighted by atomic mass is 10.2. The van der Waals surface area contributed by atoms with Crippen molar-refractivity contribution < 1.29 is 27.2 Å². The van der Waals surface area contributed by atoms with E-state index in [1.165, 1.54) is 23.1 Å². The third-order valence-electron chi connectivity index (χ3n) is 3.96. The number of aromatic nitrogens is 3. The smallest absolute Gasteiger partial charge is 0.416 e. The molecule has 1 N–H and O–H groups in total. The van der Waals surface area contributed by atoms with Gasteiger partial charge in [-0.1, -0.05) is 11.2 Å². The molecule has 0 aliphatic rings. The SMILES string of the molecule is CN(CCc1cn[nH]c1)C(=O)c1cc(COc2cccc(C(F)(F)F)c2)on1. The minimum absolute atomic E-state index is 0.0383. The highest BCUT2D eigenvalue weighted by Crippen LogP contribution is 2.31. The predicted molar refractivity (Wildman–Crippen MR) is 91.5 cm³/mol. The molecule has 0 aliphatic carbocycles. The van der Waals surface area contributed by atoms with Crippen molar-refractivity contribution >= 4 is 5.91 Å². The first-order chi connectivity index (χ1) is 13.3. The fraction of sp³-hybridized carbons (Fsp3) is 0.278. The van der Waals surface area contributed by atoms with Crippen molar-refractivity contribution in [1.82, 2.24) is 20.3 Å². The van der Waals surface area contributed by atoms with Crippen LogP contribution in [0.15, 0.2) is 47.2 Å². The second kappa shape index (κ2) is 8.15. The Labute approximate surface area is 158 Å². The molecular weight excluding hydrogens is 377 g/mol. The van der Waals surface area contributed by atoms with E-state index in [4.69, 9.17) is 9.26 Å². The Kier molecular flexibility index (Phi) is 5.67. The van der Waals surface area contributed by atoms with Crippen molar-refractivity contribution in [3.05, 3.63) is 65.3 Å². The molecule has 1 aromatic carbocycles. The van der Waals surface area contributed by atoms with Crippen LogP contribution in [-0.2, 0) is 19.2 Å². The van der Waals surface area contributed by atoms with Crippen molar-refractivity contribution in [2.75, 3.05) is 13.6 Å². The van der Waals surface area contributed by atoms with Crippen molar-refractivity contribution in [2.45, 2.75) is 19.2 Å². The van der Waals surface area contributed by atoms with Gasteiger partial charge in [0.1, 0.15) is 12.4 Å². The predicted octanol–water partition coefficient (Wildman–Crippen LogP) is 3.31. The molecule has 0 radical (unpaired) electrons. The van der Waals surface area contributed by atoms with Crippen molar-refractivity contribution in [3.63, 3.8) is 0 Å². The van der Waals surface area contributed by atoms with E-state index in [9.17, 15) is 18.0 Å². The Hall–Kier alpha value is -3.30. The van der Waals surface area contributed by atoms with Gasteiger partial charge in [0.15, 0.2) is 11.5 Å². The number of carbonyl (C=O) groups is 1. The number of carbonyl (C=O) groups excluding carboxylic acids is 1. The first kappa shape index (κ1) is 19.5. The number of rotatable bonds is 7. The molecule has 0 spiro atoms. The summed E-state index contributed by atoms with van der Waals surface area (Å²) in [7, 11) is 1.63. The van der Waals surface area contributed by atoms with Crippen LogP contribution >= 0.6 is 0 Å². The molecule has 2 aromatic heterocycles. The summed E-state index contributed by atoms with van der Waals surface area (Å²) in [5.41, 5.74) is 0.255. The fourth-order valence-corrected chi connectivity index (χ4v) is 2.41. The molecule has 2 heterocycles. The summed E-state index contributed by atoms with van der Waals surface area (Å²) < 4.78 is 48.5. The number of nitrogens with zero attached hydrogens (tertiary/aromatic N) is 3. The summed E-state index contributed by atoms with van der Waals surface area (Å²) in [6, 6.07) is 5.91. The van der Waals surface area contributed by atoms with Crippen LogP contribution < -0.4 is 4.74 Å². The Morgan fingerprint density at radius 1 is 1.32 bits per heavy atom. The van der Waals surface area contributed by atoms with E-state index in [1.807, 2.05) is 0 Å². The summed E-state index contributed by atoms with van der Waals surface area (Å²) >= 11 is 0. The number of ether oxygens (including phenoxy) is 1. The van der Waals surface area contributed by atoms with E-state index in [0.29, 0.717) is 13.0 Å². The summed E-state index contributed by atoms with van der Waals surface area (Å²) in [6.07, 6.45) is -0.399. The van der Waals surface area contributed by atoms with Gasteiger partial charge >= 0.3 is 6.18 Å². The number of H-pyrrole nitrogens is 1. The lowest BCUT2D eigenvalue weighted by molar-refractivity contribution is -0.137. The first-order valence-electron chi connectivity index (χ1n) is 8.31. The molecule has 0 bridgehead atoms. The molecule has 0 fully saturated rings. The highest BCUT2D eigenvalue weighted by atomic mass is 19.4. The number of benzene rings is 1. The largest absolute Gasteiger partial charge is 0.486 e. The van der Waals surface area contributed by atoms with Crippen molar-refractivity contribution in [2.24, 2.45) is 0 Å². The molecule has 3 rings (SSSR count). The van der Waals surface area contributed by atoms with Crippen molar-refractivity contribution in [1.29, 1.82) is 0 Å². The minimum Gasteiger partial charge on any atom is -0.486 e. The quantitative estimate of drug-likeness (QED) is 0.665. The maximum absolute atomic E-state index is 12.7. The molecule has 3 aromatic rings. The van der Waals surface area contributed by atoms with Gasteiger partial charge in [0, 0.05) is 25.9 Å². The fourth-order valence-electron chi connectivity index (χ4n) is 2.41. The summed E-state index contributed by atoms with van der Waals surface area (Å²) in [6.45, 7) is 0.307. The Morgan fingerprint density at radius 2 is 2.14 bits per heavy atom. The molecule has 7 nitrogen and oxygen atoms in total. The van der Waals surface area contributed by atoms with Crippen LogP contribution in [0, 0.1) is 0 Å². The number of likely N-dealkylation sites (N-methyl/N-ethyl adjacent to an activating group) is 1. The molecular formula is C18H17F3N4O3. The van der Waals surface area contributed by atoms with Gasteiger partial charge in [0.25, 0.3) is 5.91 Å². The van der Waals surface area contributed by atoms with E-state index in [-0.39, 0.29) is 29.7 Å². The monoisotopic (exact) mass is 394 g/mol. The van der Waals surface area contributed by atoms with Crippen LogP contribution in [-0.4, -0.2) is 39.8 Å². The summed E-state index contributed by atoms with van der Waals surface area (Å²) in [5, 5.41) is 10.2. The number of alkyl halides is 3. The van der Waals surface area contributed by atoms with E-state index in [2.05, 4.69) is 15.4 Å². The van der Waals surface area contributed by atoms with Crippen LogP contribution in [0.1, 0.15) is 27.4 Å². The van der Waals surface area contributed by atoms with E-state index >= 15 is 0 Å². The zero-order valence-electron chi connectivity index (χ0n) is 14.9. The first-order valence-corrected chi connectivity index (χ1v) is 8.31. The third kappa shape index (κ3) is 4.90. The van der Waals surface area contributed by atoms with Crippen LogP contribution in [0.4, 0.5) is 13.2 Å². The molecule has 0 unspecified atom stereocenters. The number of aromatic amines is 1. The number of hydrogen-bond donors (Lipinski definition) is 1. The zero-order chi connectivity index (χ0) is 20.1. The molecule has 148 valence electrons. The van der Waals surface area contributed by atoms with E-state index in [0.717, 1.165) is 17.7 Å². The van der Waals surface area contributed by atoms with E-state index < -0.39 is 11.7 Å². The second-order valence-corrected chi connectivity index (χ2v) is 6.08. The Morgan fingerprint density at radius 3 is 2.86 bits per heavy atom. The Bertz CT molecular complexity index is 922. The van der Waals surface area contributed by atoms with Crippen molar-refractivity contribution in [3.8, 4) is 5.75 Å². The zero-order valence-corrected chi connectivity index (χ0v) is 14.9. The van der Waals surface area contributed by atoms with Gasteiger partial charge in [-0.3, -0.25) is 9.89 Å². The number of hydrogen-bond acceptors (Lipinski definition) is 5. The number of halogens is 3. The molecule has 0 saturated heterocycles. The average molecular weight is 394 g/mol. The normalized spacial score (nSPS) is 11.4. The molecule has 1 amide bonds. The summed E-state index contributed by atoms with van der Waals surface area (Å²) in [4.78, 5) is 13.8. The van der Waals surface area contributed by atoms with Gasteiger partial charge in [0.05, 0.1) is 11.8 Å². The molecule has 0 aliphatic heterocycles. The van der Waals surface area contributed by atoms with Gasteiger partial charge in [0.2, 0.25) is 0 Å². The standard InChI is InChI=1S/C18H17F3N4O3/c1-25(6-5-12-9-22-23-10-12)17(26)16-8-15(28-24-16)11-27-14-4-2-3-13(7-14)18(19,20)21/h2-4,7-10H,5-6,11H2,1H3,(H,22,23). The molecule has 28 heavy (non-hydrogen) atoms. The average Bonchev–Trinajstić information content (AvgIpc) is 3.35. The summed E-state index contributed by atoms with van der Waals surface area (Å²) in [5.74, 6) is -0.0714. The number of amides is 1. The lowest BCUT2D eigenvalue weighted by Gasteiger charge is -2.14. The van der Waals surface area contributed by atoms with Gasteiger partial charge in [-0.25, -0.2) is 0 Å². The van der Waals surface area contributed by atoms with Gasteiger partial charge in [-0.2, -0.15) is 18.3 Å². The Balaban J connectivity index is 1.55. The maximum Gasteiger partial charge on any atom is 0.416 e. The van der Waals surface area contributed by atoms with Gasteiger partial charge in [-0.05, 0) is 30.2 Å². The highest BCUT2D eigenvalue weighted by Gasteiger charge is 2.30. The van der Waals surface area contributed by atoms with Gasteiger partial charge in [-0.15, -0.1) is 0 Å². The molecule has 0 saturated carbocycles. The molecule has 0 atom stereocenters. The van der Waals surface area contributed by atoms with Crippen LogP contribution in [0.25, 0.3) is 0 Å². The highest BCUT2D eigenvalue weighted by molar-refractivity contribution is 5.92. The maximum atomic E-state index is 12.7. The number of nitrogens with one attached hydrogen (secondary N) is 1. The second-order valence-electron chi connectivity index (χ2n) is 6.08.